The molecule has 1 aliphatic heterocycles. The molecular formula is C19H26O6. The molecule has 138 valence electrons. The molecule has 0 spiro atoms. The number of hydrogen-bond donors (Lipinski definition) is 1. The van der Waals surface area contributed by atoms with Crippen LogP contribution in [-0.2, 0) is 20.7 Å². The second kappa shape index (κ2) is 7.33. The van der Waals surface area contributed by atoms with Gasteiger partial charge in [0.2, 0.25) is 0 Å². The lowest BCUT2D eigenvalue weighted by Crippen LogP contribution is -2.37. The van der Waals surface area contributed by atoms with Crippen LogP contribution >= 0.6 is 0 Å². The number of methoxy groups -OCH3 is 1. The Hall–Kier alpha value is -2.24. The second-order valence-corrected chi connectivity index (χ2v) is 6.82. The van der Waals surface area contributed by atoms with Gasteiger partial charge in [-0.25, -0.2) is 4.79 Å². The van der Waals surface area contributed by atoms with Gasteiger partial charge >= 0.3 is 11.9 Å². The number of carboxylic acids is 1. The number of benzene rings is 1. The monoisotopic (exact) mass is 350 g/mol. The van der Waals surface area contributed by atoms with Gasteiger partial charge in [-0.3, -0.25) is 4.79 Å². The minimum absolute atomic E-state index is 0.239. The molecule has 6 heteroatoms. The van der Waals surface area contributed by atoms with E-state index in [1.807, 2.05) is 27.7 Å². The third-order valence-electron chi connectivity index (χ3n) is 4.99. The third-order valence-corrected chi connectivity index (χ3v) is 4.99. The number of hydrogen-bond acceptors (Lipinski definition) is 5. The van der Waals surface area contributed by atoms with Crippen molar-refractivity contribution in [1.29, 1.82) is 0 Å². The Bertz CT molecular complexity index is 694. The summed E-state index contributed by atoms with van der Waals surface area (Å²) in [4.78, 5) is 22.3. The molecule has 1 aliphatic rings. The van der Waals surface area contributed by atoms with Gasteiger partial charge in [-0.05, 0) is 63.6 Å². The lowest BCUT2D eigenvalue weighted by Gasteiger charge is -2.38. The molecule has 0 aliphatic carbocycles. The molecule has 0 bridgehead atoms. The van der Waals surface area contributed by atoms with Crippen molar-refractivity contribution in [3.05, 3.63) is 22.3 Å². The van der Waals surface area contributed by atoms with Gasteiger partial charge in [0.15, 0.2) is 6.61 Å². The smallest absolute Gasteiger partial charge is 0.341 e. The molecule has 1 N–H and O–H groups in total. The third kappa shape index (κ3) is 4.06. The molecule has 1 heterocycles. The fourth-order valence-electron chi connectivity index (χ4n) is 3.28. The van der Waals surface area contributed by atoms with Gasteiger partial charge in [0, 0.05) is 12.0 Å². The molecule has 0 saturated heterocycles. The molecule has 0 fully saturated rings. The first kappa shape index (κ1) is 19.1. The summed E-state index contributed by atoms with van der Waals surface area (Å²) < 4.78 is 16.5. The highest BCUT2D eigenvalue weighted by Crippen LogP contribution is 2.44. The second-order valence-electron chi connectivity index (χ2n) is 6.82. The highest BCUT2D eigenvalue weighted by molar-refractivity contribution is 5.69. The van der Waals surface area contributed by atoms with Crippen LogP contribution in [0.5, 0.6) is 11.5 Å². The predicted molar refractivity (Wildman–Crippen MR) is 92.4 cm³/mol. The summed E-state index contributed by atoms with van der Waals surface area (Å²) in [6.45, 7) is 7.44. The van der Waals surface area contributed by atoms with Crippen LogP contribution in [0.15, 0.2) is 0 Å². The highest BCUT2D eigenvalue weighted by atomic mass is 16.5. The Morgan fingerprint density at radius 2 is 1.88 bits per heavy atom. The predicted octanol–water partition coefficient (Wildman–Crippen LogP) is 3.11. The SMILES string of the molecule is COC(=O)CC[C@]1(C)CCc2c(C)c(OCC(=O)O)c(C)c(C)c2O1. The molecule has 1 aromatic carbocycles. The van der Waals surface area contributed by atoms with Gasteiger partial charge in [-0.1, -0.05) is 0 Å². The van der Waals surface area contributed by atoms with Crippen molar-refractivity contribution in [1.82, 2.24) is 0 Å². The zero-order valence-corrected chi connectivity index (χ0v) is 15.5. The number of carbonyl (C=O) groups excluding carboxylic acids is 1. The molecule has 1 aromatic rings. The normalized spacial score (nSPS) is 18.9. The van der Waals surface area contributed by atoms with Crippen molar-refractivity contribution < 1.29 is 28.9 Å². The van der Waals surface area contributed by atoms with Gasteiger partial charge in [0.1, 0.15) is 17.1 Å². The van der Waals surface area contributed by atoms with Crippen LogP contribution in [0.2, 0.25) is 0 Å². The van der Waals surface area contributed by atoms with Gasteiger partial charge in [0.05, 0.1) is 7.11 Å². The maximum atomic E-state index is 11.4. The topological polar surface area (TPSA) is 82.1 Å². The molecule has 0 amide bonds. The minimum Gasteiger partial charge on any atom is -0.487 e. The van der Waals surface area contributed by atoms with Crippen LogP contribution in [0, 0.1) is 20.8 Å². The van der Waals surface area contributed by atoms with Crippen LogP contribution in [0.25, 0.3) is 0 Å². The number of fused-ring (bicyclic) bond motifs is 1. The first-order valence-electron chi connectivity index (χ1n) is 8.41. The molecule has 0 saturated carbocycles. The fourth-order valence-corrected chi connectivity index (χ4v) is 3.28. The zero-order valence-electron chi connectivity index (χ0n) is 15.5. The van der Waals surface area contributed by atoms with Crippen molar-refractivity contribution in [2.75, 3.05) is 13.7 Å². The van der Waals surface area contributed by atoms with E-state index in [1.165, 1.54) is 7.11 Å². The maximum Gasteiger partial charge on any atom is 0.341 e. The van der Waals surface area contributed by atoms with Gasteiger partial charge in [0.25, 0.3) is 0 Å². The van der Waals surface area contributed by atoms with Crippen molar-refractivity contribution in [2.24, 2.45) is 0 Å². The number of aliphatic carboxylic acids is 1. The average Bonchev–Trinajstić information content (AvgIpc) is 2.57. The molecule has 25 heavy (non-hydrogen) atoms. The minimum atomic E-state index is -0.999. The molecule has 6 nitrogen and oxygen atoms in total. The van der Waals surface area contributed by atoms with Crippen LogP contribution < -0.4 is 9.47 Å². The van der Waals surface area contributed by atoms with E-state index in [-0.39, 0.29) is 12.6 Å². The zero-order chi connectivity index (χ0) is 18.8. The molecule has 0 aromatic heterocycles. The maximum absolute atomic E-state index is 11.4. The summed E-state index contributed by atoms with van der Waals surface area (Å²) in [5.74, 6) is 0.217. The Kier molecular flexibility index (Phi) is 5.60. The van der Waals surface area contributed by atoms with Gasteiger partial charge in [-0.2, -0.15) is 0 Å². The molecule has 0 unspecified atom stereocenters. The lowest BCUT2D eigenvalue weighted by atomic mass is 9.85. The van der Waals surface area contributed by atoms with Crippen LogP contribution in [-0.4, -0.2) is 36.4 Å². The van der Waals surface area contributed by atoms with E-state index in [1.54, 1.807) is 0 Å². The largest absolute Gasteiger partial charge is 0.487 e. The summed E-state index contributed by atoms with van der Waals surface area (Å²) in [5, 5.41) is 8.87. The van der Waals surface area contributed by atoms with Crippen molar-refractivity contribution in [3.8, 4) is 11.5 Å². The van der Waals surface area contributed by atoms with E-state index >= 15 is 0 Å². The van der Waals surface area contributed by atoms with E-state index in [0.29, 0.717) is 18.6 Å². The highest BCUT2D eigenvalue weighted by Gasteiger charge is 2.35. The average molecular weight is 350 g/mol. The Morgan fingerprint density at radius 1 is 1.20 bits per heavy atom. The van der Waals surface area contributed by atoms with Crippen LogP contribution in [0.4, 0.5) is 0 Å². The molecular weight excluding hydrogens is 324 g/mol. The van der Waals surface area contributed by atoms with Crippen molar-refractivity contribution >= 4 is 11.9 Å². The number of esters is 1. The van der Waals surface area contributed by atoms with E-state index in [4.69, 9.17) is 19.3 Å². The van der Waals surface area contributed by atoms with Gasteiger partial charge < -0.3 is 19.3 Å². The number of rotatable bonds is 6. The van der Waals surface area contributed by atoms with E-state index in [2.05, 4.69) is 0 Å². The van der Waals surface area contributed by atoms with Crippen LogP contribution in [0.3, 0.4) is 0 Å². The summed E-state index contributed by atoms with van der Waals surface area (Å²) >= 11 is 0. The summed E-state index contributed by atoms with van der Waals surface area (Å²) in [5.41, 5.74) is 3.39. The van der Waals surface area contributed by atoms with E-state index in [0.717, 1.165) is 40.8 Å². The molecule has 2 rings (SSSR count). The molecule has 1 atom stereocenters. The Morgan fingerprint density at radius 3 is 2.48 bits per heavy atom. The number of carboxylic acid groups (broad SMARTS) is 1. The van der Waals surface area contributed by atoms with Crippen molar-refractivity contribution in [2.45, 2.75) is 59.0 Å². The number of ether oxygens (including phenoxy) is 3. The standard InChI is InChI=1S/C19H26O6/c1-11-12(2)18-14(13(3)17(11)24-10-15(20)21)6-8-19(4,25-18)9-7-16(22)23-5/h6-10H2,1-5H3,(H,20,21)/t19-/m0/s1. The Balaban J connectivity index is 2.30. The first-order chi connectivity index (χ1) is 11.7. The summed E-state index contributed by atoms with van der Waals surface area (Å²) in [6, 6.07) is 0. The van der Waals surface area contributed by atoms with E-state index < -0.39 is 11.6 Å². The van der Waals surface area contributed by atoms with E-state index in [9.17, 15) is 9.59 Å². The Labute approximate surface area is 148 Å². The summed E-state index contributed by atoms with van der Waals surface area (Å²) in [7, 11) is 1.39. The van der Waals surface area contributed by atoms with Crippen LogP contribution in [0.1, 0.15) is 48.4 Å². The lowest BCUT2D eigenvalue weighted by molar-refractivity contribution is -0.142. The van der Waals surface area contributed by atoms with Gasteiger partial charge in [-0.15, -0.1) is 0 Å². The molecule has 0 radical (unpaired) electrons. The quantitative estimate of drug-likeness (QED) is 0.794. The number of carbonyl (C=O) groups is 2. The fraction of sp³-hybridized carbons (Fsp3) is 0.579. The van der Waals surface area contributed by atoms with Crippen molar-refractivity contribution in [3.63, 3.8) is 0 Å². The first-order valence-corrected chi connectivity index (χ1v) is 8.41. The summed E-state index contributed by atoms with van der Waals surface area (Å²) in [6.07, 6.45) is 2.48.